The number of rotatable bonds is 7. The van der Waals surface area contributed by atoms with E-state index in [4.69, 9.17) is 15.9 Å². The lowest BCUT2D eigenvalue weighted by atomic mass is 9.94. The molecule has 1 atom stereocenters. The molecule has 0 fully saturated rings. The summed E-state index contributed by atoms with van der Waals surface area (Å²) in [4.78, 5) is 25.3. The Kier molecular flexibility index (Phi) is 7.21. The minimum absolute atomic E-state index is 0.0817. The normalized spacial score (nSPS) is 15.4. The third-order valence-corrected chi connectivity index (χ3v) is 5.40. The van der Waals surface area contributed by atoms with Crippen LogP contribution in [0.1, 0.15) is 24.1 Å². The summed E-state index contributed by atoms with van der Waals surface area (Å²) in [6.07, 6.45) is 5.27. The van der Waals surface area contributed by atoms with E-state index in [1.54, 1.807) is 19.1 Å². The quantitative estimate of drug-likeness (QED) is 0.526. The van der Waals surface area contributed by atoms with Crippen molar-refractivity contribution < 1.29 is 19.1 Å². The second-order valence-electron chi connectivity index (χ2n) is 6.76. The molecule has 1 aliphatic rings. The molecule has 0 saturated heterocycles. The van der Waals surface area contributed by atoms with Gasteiger partial charge < -0.3 is 25.4 Å². The molecule has 0 spiro atoms. The number of hydrogen-bond acceptors (Lipinski definition) is 4. The molecule has 2 aromatic carbocycles. The van der Waals surface area contributed by atoms with Gasteiger partial charge >= 0.3 is 6.03 Å². The number of carbonyl (C=O) groups is 2. The molecule has 1 heterocycles. The van der Waals surface area contributed by atoms with Crippen molar-refractivity contribution in [2.45, 2.75) is 19.5 Å². The molecule has 0 aliphatic carbocycles. The minimum Gasteiger partial charge on any atom is -0.493 e. The highest BCUT2D eigenvalue weighted by Crippen LogP contribution is 2.39. The van der Waals surface area contributed by atoms with Crippen LogP contribution in [0.5, 0.6) is 11.5 Å². The predicted molar refractivity (Wildman–Crippen MR) is 120 cm³/mol. The Morgan fingerprint density at radius 1 is 1.26 bits per heavy atom. The zero-order valence-corrected chi connectivity index (χ0v) is 18.7. The number of carbonyl (C=O) groups excluding carboxylic acids is 2. The summed E-state index contributed by atoms with van der Waals surface area (Å²) >= 11 is 3.52. The molecule has 1 unspecified atom stereocenters. The number of halogens is 1. The molecule has 160 valence electrons. The van der Waals surface area contributed by atoms with Crippen molar-refractivity contribution in [2.24, 2.45) is 0 Å². The lowest BCUT2D eigenvalue weighted by molar-refractivity contribution is -0.118. The van der Waals surface area contributed by atoms with E-state index in [0.29, 0.717) is 39.4 Å². The Bertz CT molecular complexity index is 1060. The van der Waals surface area contributed by atoms with Gasteiger partial charge in [-0.15, -0.1) is 6.42 Å². The van der Waals surface area contributed by atoms with Gasteiger partial charge in [0.25, 0.3) is 5.91 Å². The third kappa shape index (κ3) is 5.19. The van der Waals surface area contributed by atoms with Crippen LogP contribution in [0.15, 0.2) is 58.2 Å². The Labute approximate surface area is 189 Å². The van der Waals surface area contributed by atoms with Crippen molar-refractivity contribution in [3.8, 4) is 23.8 Å². The standard InChI is InChI=1S/C23H22BrN3O4/c1-4-10-31-19-12-17(24)16(11-18(19)30-3)21-20(14(2)26-23(29)27-21)22(28)25-13-15-8-6-5-7-9-15/h1,5-9,11-12,21H,10,13H2,2-3H3,(H,25,28)(H2,26,27,29). The molecule has 1 aliphatic heterocycles. The summed E-state index contributed by atoms with van der Waals surface area (Å²) in [5, 5.41) is 8.41. The van der Waals surface area contributed by atoms with Crippen LogP contribution in [-0.2, 0) is 11.3 Å². The molecule has 0 saturated carbocycles. The summed E-state index contributed by atoms with van der Waals surface area (Å²) in [5.74, 6) is 3.00. The molecule has 2 aromatic rings. The maximum Gasteiger partial charge on any atom is 0.319 e. The molecule has 8 heteroatoms. The maximum absolute atomic E-state index is 13.1. The summed E-state index contributed by atoms with van der Waals surface area (Å²) in [6.45, 7) is 2.14. The smallest absolute Gasteiger partial charge is 0.319 e. The van der Waals surface area contributed by atoms with Crippen LogP contribution >= 0.6 is 15.9 Å². The largest absolute Gasteiger partial charge is 0.493 e. The number of allylic oxidation sites excluding steroid dienone is 1. The zero-order chi connectivity index (χ0) is 22.4. The Hall–Kier alpha value is -3.44. The average molecular weight is 484 g/mol. The van der Waals surface area contributed by atoms with Gasteiger partial charge in [0.05, 0.1) is 18.7 Å². The van der Waals surface area contributed by atoms with Gasteiger partial charge in [0.15, 0.2) is 11.5 Å². The van der Waals surface area contributed by atoms with Gasteiger partial charge in [0.1, 0.15) is 6.61 Å². The summed E-state index contributed by atoms with van der Waals surface area (Å²) in [7, 11) is 1.51. The zero-order valence-electron chi connectivity index (χ0n) is 17.1. The highest BCUT2D eigenvalue weighted by molar-refractivity contribution is 9.10. The van der Waals surface area contributed by atoms with Crippen LogP contribution in [0.4, 0.5) is 4.79 Å². The van der Waals surface area contributed by atoms with E-state index in [2.05, 4.69) is 37.8 Å². The fourth-order valence-corrected chi connectivity index (χ4v) is 3.82. The van der Waals surface area contributed by atoms with Crippen molar-refractivity contribution >= 4 is 27.9 Å². The molecule has 3 rings (SSSR count). The molecule has 31 heavy (non-hydrogen) atoms. The Morgan fingerprint density at radius 3 is 2.68 bits per heavy atom. The number of benzene rings is 2. The average Bonchev–Trinajstić information content (AvgIpc) is 2.76. The second kappa shape index (κ2) is 10.0. The van der Waals surface area contributed by atoms with Crippen molar-refractivity contribution in [3.63, 3.8) is 0 Å². The topological polar surface area (TPSA) is 88.7 Å². The summed E-state index contributed by atoms with van der Waals surface area (Å²) in [5.41, 5.74) is 2.48. The van der Waals surface area contributed by atoms with Gasteiger partial charge in [0, 0.05) is 16.7 Å². The van der Waals surface area contributed by atoms with Crippen molar-refractivity contribution in [1.29, 1.82) is 0 Å². The number of terminal acetylenes is 1. The minimum atomic E-state index is -0.700. The highest BCUT2D eigenvalue weighted by atomic mass is 79.9. The van der Waals surface area contributed by atoms with Crippen LogP contribution in [0.25, 0.3) is 0 Å². The van der Waals surface area contributed by atoms with Gasteiger partial charge in [-0.1, -0.05) is 52.2 Å². The number of ether oxygens (including phenoxy) is 2. The molecule has 3 amide bonds. The van der Waals surface area contributed by atoms with E-state index >= 15 is 0 Å². The van der Waals surface area contributed by atoms with E-state index in [1.807, 2.05) is 30.3 Å². The third-order valence-electron chi connectivity index (χ3n) is 4.71. The maximum atomic E-state index is 13.1. The first kappa shape index (κ1) is 22.2. The van der Waals surface area contributed by atoms with E-state index in [1.165, 1.54) is 7.11 Å². The molecule has 3 N–H and O–H groups in total. The lowest BCUT2D eigenvalue weighted by Crippen LogP contribution is -2.47. The van der Waals surface area contributed by atoms with Gasteiger partial charge in [-0.25, -0.2) is 4.79 Å². The molecule has 7 nitrogen and oxygen atoms in total. The summed E-state index contributed by atoms with van der Waals surface area (Å²) in [6, 6.07) is 11.9. The monoisotopic (exact) mass is 483 g/mol. The van der Waals surface area contributed by atoms with Crippen molar-refractivity contribution in [3.05, 3.63) is 69.3 Å². The molecule has 0 radical (unpaired) electrons. The van der Waals surface area contributed by atoms with E-state index in [9.17, 15) is 9.59 Å². The molecule has 0 aromatic heterocycles. The number of urea groups is 1. The number of methoxy groups -OCH3 is 1. The first-order valence-electron chi connectivity index (χ1n) is 9.48. The molecular weight excluding hydrogens is 462 g/mol. The van der Waals surface area contributed by atoms with Gasteiger partial charge in [-0.2, -0.15) is 0 Å². The predicted octanol–water partition coefficient (Wildman–Crippen LogP) is 3.41. The van der Waals surface area contributed by atoms with Crippen LogP contribution in [0.2, 0.25) is 0 Å². The highest BCUT2D eigenvalue weighted by Gasteiger charge is 2.33. The van der Waals surface area contributed by atoms with Crippen molar-refractivity contribution in [2.75, 3.05) is 13.7 Å². The van der Waals surface area contributed by atoms with Crippen LogP contribution in [0, 0.1) is 12.3 Å². The number of nitrogens with one attached hydrogen (secondary N) is 3. The first-order chi connectivity index (χ1) is 14.9. The SMILES string of the molecule is C#CCOc1cc(Br)c(C2NC(=O)NC(C)=C2C(=O)NCc2ccccc2)cc1OC. The Balaban J connectivity index is 1.94. The molecular formula is C23H22BrN3O4. The fraction of sp³-hybridized carbons (Fsp3) is 0.217. The number of amides is 3. The van der Waals surface area contributed by atoms with E-state index in [0.717, 1.165) is 5.56 Å². The van der Waals surface area contributed by atoms with Crippen molar-refractivity contribution in [1.82, 2.24) is 16.0 Å². The Morgan fingerprint density at radius 2 is 2.00 bits per heavy atom. The van der Waals surface area contributed by atoms with Gasteiger partial charge in [0.2, 0.25) is 0 Å². The van der Waals surface area contributed by atoms with Crippen LogP contribution in [0.3, 0.4) is 0 Å². The van der Waals surface area contributed by atoms with Crippen LogP contribution < -0.4 is 25.4 Å². The molecule has 0 bridgehead atoms. The first-order valence-corrected chi connectivity index (χ1v) is 10.3. The van der Waals surface area contributed by atoms with Crippen LogP contribution in [-0.4, -0.2) is 25.7 Å². The fourth-order valence-electron chi connectivity index (χ4n) is 3.27. The summed E-state index contributed by atoms with van der Waals surface area (Å²) < 4.78 is 11.6. The van der Waals surface area contributed by atoms with Gasteiger partial charge in [-0.05, 0) is 30.2 Å². The van der Waals surface area contributed by atoms with Gasteiger partial charge in [-0.3, -0.25) is 4.79 Å². The number of hydrogen-bond donors (Lipinski definition) is 3. The van der Waals surface area contributed by atoms with E-state index in [-0.39, 0.29) is 12.5 Å². The second-order valence-corrected chi connectivity index (χ2v) is 7.61. The lowest BCUT2D eigenvalue weighted by Gasteiger charge is -2.29. The van der Waals surface area contributed by atoms with E-state index < -0.39 is 12.1 Å².